The van der Waals surface area contributed by atoms with Gasteiger partial charge in [-0.15, -0.1) is 0 Å². The van der Waals surface area contributed by atoms with E-state index in [1.807, 2.05) is 24.3 Å². The van der Waals surface area contributed by atoms with Crippen LogP contribution in [0.1, 0.15) is 33.9 Å². The minimum Gasteiger partial charge on any atom is -0.457 e. The summed E-state index contributed by atoms with van der Waals surface area (Å²) in [7, 11) is -3.85. The summed E-state index contributed by atoms with van der Waals surface area (Å²) in [5.41, 5.74) is 1.91. The fourth-order valence-corrected chi connectivity index (χ4v) is 6.15. The highest BCUT2D eigenvalue weighted by atomic mass is 35.5. The minimum atomic E-state index is -3.85. The summed E-state index contributed by atoms with van der Waals surface area (Å²) < 4.78 is 33.4. The van der Waals surface area contributed by atoms with Crippen molar-refractivity contribution in [3.05, 3.63) is 99.5 Å². The summed E-state index contributed by atoms with van der Waals surface area (Å²) >= 11 is 11.9. The molecule has 0 N–H and O–H groups in total. The van der Waals surface area contributed by atoms with Crippen LogP contribution in [0.4, 0.5) is 0 Å². The molecular formula is C25H21Cl2NO5S. The first-order chi connectivity index (χ1) is 16.3. The number of fused-ring (bicyclic) bond motifs is 1. The van der Waals surface area contributed by atoms with E-state index in [0.29, 0.717) is 11.4 Å². The number of benzene rings is 3. The molecule has 0 aliphatic carbocycles. The predicted octanol–water partition coefficient (Wildman–Crippen LogP) is 5.10. The molecule has 0 spiro atoms. The van der Waals surface area contributed by atoms with Gasteiger partial charge in [0.15, 0.2) is 6.61 Å². The van der Waals surface area contributed by atoms with Crippen LogP contribution in [0.2, 0.25) is 10.0 Å². The minimum absolute atomic E-state index is 0.153. The SMILES string of the molecule is O=C(CC1c2ccccc2CCN1S(=O)(=O)c1ccccc1)OCC(=O)c1ccc(Cl)cc1Cl. The highest BCUT2D eigenvalue weighted by molar-refractivity contribution is 7.89. The first-order valence-corrected chi connectivity index (χ1v) is 12.8. The van der Waals surface area contributed by atoms with Crippen LogP contribution >= 0.6 is 23.2 Å². The Morgan fingerprint density at radius 3 is 2.41 bits per heavy atom. The summed E-state index contributed by atoms with van der Waals surface area (Å²) in [6, 6.07) is 19.2. The third-order valence-electron chi connectivity index (χ3n) is 5.67. The second kappa shape index (κ2) is 10.3. The number of esters is 1. The van der Waals surface area contributed by atoms with E-state index in [9.17, 15) is 18.0 Å². The van der Waals surface area contributed by atoms with E-state index < -0.39 is 34.4 Å². The first-order valence-electron chi connectivity index (χ1n) is 10.6. The summed E-state index contributed by atoms with van der Waals surface area (Å²) in [5.74, 6) is -1.17. The average molecular weight is 518 g/mol. The van der Waals surface area contributed by atoms with Crippen LogP contribution in [0.25, 0.3) is 0 Å². The lowest BCUT2D eigenvalue weighted by atomic mass is 9.92. The highest BCUT2D eigenvalue weighted by Gasteiger charge is 2.37. The van der Waals surface area contributed by atoms with Crippen LogP contribution in [-0.4, -0.2) is 37.6 Å². The lowest BCUT2D eigenvalue weighted by molar-refractivity contribution is -0.143. The maximum Gasteiger partial charge on any atom is 0.308 e. The normalized spacial score (nSPS) is 16.0. The van der Waals surface area contributed by atoms with Crippen molar-refractivity contribution >= 4 is 45.0 Å². The van der Waals surface area contributed by atoms with Crippen molar-refractivity contribution in [2.75, 3.05) is 13.2 Å². The molecule has 0 saturated carbocycles. The Kier molecular flexibility index (Phi) is 7.38. The van der Waals surface area contributed by atoms with Crippen LogP contribution in [0.3, 0.4) is 0 Å². The number of ether oxygens (including phenoxy) is 1. The molecule has 0 radical (unpaired) electrons. The summed E-state index contributed by atoms with van der Waals surface area (Å²) in [5, 5.41) is 0.545. The Balaban J connectivity index is 1.54. The van der Waals surface area contributed by atoms with E-state index in [0.717, 1.165) is 11.1 Å². The molecule has 1 heterocycles. The summed E-state index contributed by atoms with van der Waals surface area (Å²) in [4.78, 5) is 25.4. The lowest BCUT2D eigenvalue weighted by Gasteiger charge is -2.36. The quantitative estimate of drug-likeness (QED) is 0.321. The van der Waals surface area contributed by atoms with Gasteiger partial charge in [0.05, 0.1) is 22.4 Å². The first kappa shape index (κ1) is 24.4. The Bertz CT molecular complexity index is 1330. The van der Waals surface area contributed by atoms with Crippen LogP contribution in [0, 0.1) is 0 Å². The van der Waals surface area contributed by atoms with Gasteiger partial charge >= 0.3 is 5.97 Å². The molecule has 0 aromatic heterocycles. The van der Waals surface area contributed by atoms with Gasteiger partial charge in [-0.05, 0) is 47.9 Å². The molecule has 1 aliphatic rings. The molecule has 34 heavy (non-hydrogen) atoms. The van der Waals surface area contributed by atoms with Crippen molar-refractivity contribution in [2.24, 2.45) is 0 Å². The van der Waals surface area contributed by atoms with Crippen LogP contribution < -0.4 is 0 Å². The van der Waals surface area contributed by atoms with Crippen molar-refractivity contribution in [1.29, 1.82) is 0 Å². The van der Waals surface area contributed by atoms with E-state index >= 15 is 0 Å². The van der Waals surface area contributed by atoms with Gasteiger partial charge in [-0.2, -0.15) is 4.31 Å². The average Bonchev–Trinajstić information content (AvgIpc) is 2.83. The lowest BCUT2D eigenvalue weighted by Crippen LogP contribution is -2.41. The maximum absolute atomic E-state index is 13.4. The Morgan fingerprint density at radius 2 is 1.68 bits per heavy atom. The molecule has 9 heteroatoms. The number of hydrogen-bond donors (Lipinski definition) is 0. The van der Waals surface area contributed by atoms with Crippen LogP contribution in [0.5, 0.6) is 0 Å². The van der Waals surface area contributed by atoms with E-state index in [-0.39, 0.29) is 28.4 Å². The van der Waals surface area contributed by atoms with E-state index in [1.165, 1.54) is 34.6 Å². The standard InChI is InChI=1S/C25H21Cl2NO5S/c26-18-10-11-21(22(27)14-18)24(29)16-33-25(30)15-23-20-9-5-4-6-17(20)12-13-28(23)34(31,32)19-7-2-1-3-8-19/h1-11,14,23H,12-13,15-16H2. The third kappa shape index (κ3) is 5.18. The largest absolute Gasteiger partial charge is 0.457 e. The van der Waals surface area contributed by atoms with Gasteiger partial charge in [0.1, 0.15) is 0 Å². The molecule has 6 nitrogen and oxygen atoms in total. The molecule has 0 saturated heterocycles. The zero-order valence-corrected chi connectivity index (χ0v) is 20.3. The summed E-state index contributed by atoms with van der Waals surface area (Å²) in [6.07, 6.45) is 0.298. The van der Waals surface area contributed by atoms with E-state index in [4.69, 9.17) is 27.9 Å². The maximum atomic E-state index is 13.4. The molecule has 1 aliphatic heterocycles. The summed E-state index contributed by atoms with van der Waals surface area (Å²) in [6.45, 7) is -0.286. The number of halogens is 2. The zero-order valence-electron chi connectivity index (χ0n) is 18.0. The molecule has 0 fully saturated rings. The van der Waals surface area contributed by atoms with Crippen molar-refractivity contribution < 1.29 is 22.7 Å². The Labute approximate surface area is 208 Å². The number of sulfonamides is 1. The topological polar surface area (TPSA) is 80.8 Å². The molecule has 0 bridgehead atoms. The molecule has 0 amide bonds. The highest BCUT2D eigenvalue weighted by Crippen LogP contribution is 2.36. The molecular weight excluding hydrogens is 497 g/mol. The zero-order chi connectivity index (χ0) is 24.3. The van der Waals surface area contributed by atoms with Crippen molar-refractivity contribution in [3.8, 4) is 0 Å². The fraction of sp³-hybridized carbons (Fsp3) is 0.200. The molecule has 3 aromatic rings. The fourth-order valence-electron chi connectivity index (χ4n) is 4.01. The smallest absolute Gasteiger partial charge is 0.308 e. The monoisotopic (exact) mass is 517 g/mol. The molecule has 4 rings (SSSR count). The molecule has 176 valence electrons. The van der Waals surface area contributed by atoms with Crippen LogP contribution in [0.15, 0.2) is 77.7 Å². The van der Waals surface area contributed by atoms with Gasteiger partial charge in [0.25, 0.3) is 0 Å². The van der Waals surface area contributed by atoms with Gasteiger partial charge in [0.2, 0.25) is 15.8 Å². The van der Waals surface area contributed by atoms with Gasteiger partial charge in [0, 0.05) is 17.1 Å². The van der Waals surface area contributed by atoms with Crippen molar-refractivity contribution in [2.45, 2.75) is 23.8 Å². The number of carbonyl (C=O) groups is 2. The van der Waals surface area contributed by atoms with E-state index in [2.05, 4.69) is 0 Å². The second-order valence-corrected chi connectivity index (χ2v) is 10.5. The van der Waals surface area contributed by atoms with Crippen molar-refractivity contribution in [1.82, 2.24) is 4.31 Å². The third-order valence-corrected chi connectivity index (χ3v) is 8.14. The van der Waals surface area contributed by atoms with Gasteiger partial charge in [-0.1, -0.05) is 65.7 Å². The molecule has 1 unspecified atom stereocenters. The van der Waals surface area contributed by atoms with Gasteiger partial charge < -0.3 is 4.74 Å². The van der Waals surface area contributed by atoms with Crippen LogP contribution in [-0.2, 0) is 26.0 Å². The number of carbonyl (C=O) groups excluding carboxylic acids is 2. The number of rotatable bonds is 7. The molecule has 3 aromatic carbocycles. The van der Waals surface area contributed by atoms with Gasteiger partial charge in [-0.3, -0.25) is 9.59 Å². The Hall–Kier alpha value is -2.71. The number of nitrogens with zero attached hydrogens (tertiary/aromatic N) is 1. The van der Waals surface area contributed by atoms with Crippen molar-refractivity contribution in [3.63, 3.8) is 0 Å². The van der Waals surface area contributed by atoms with E-state index in [1.54, 1.807) is 18.2 Å². The number of hydrogen-bond acceptors (Lipinski definition) is 5. The predicted molar refractivity (Wildman–Crippen MR) is 130 cm³/mol. The van der Waals surface area contributed by atoms with Gasteiger partial charge in [-0.25, -0.2) is 8.42 Å². The number of ketones is 1. The second-order valence-electron chi connectivity index (χ2n) is 7.81. The number of Topliss-reactive ketones (excluding diaryl/α,β-unsaturated/α-hetero) is 1. The Morgan fingerprint density at radius 1 is 0.971 bits per heavy atom. The molecule has 1 atom stereocenters.